The van der Waals surface area contributed by atoms with Crippen LogP contribution in [-0.4, -0.2) is 11.5 Å². The molecule has 0 heterocycles. The third-order valence-corrected chi connectivity index (χ3v) is 4.00. The Bertz CT molecular complexity index is 360. The van der Waals surface area contributed by atoms with Crippen LogP contribution in [0, 0.1) is 6.92 Å². The van der Waals surface area contributed by atoms with Gasteiger partial charge in [-0.1, -0.05) is 50.3 Å². The normalized spacial score (nSPS) is 10.6. The standard InChI is InChI=1S/C16H24OS/c1-3-4-5-6-7-10-15(17)13-18-16-11-8-9-14(2)12-16/h8-9,11-12H,3-7,10,13H2,1-2H3. The van der Waals surface area contributed by atoms with E-state index < -0.39 is 0 Å². The molecule has 0 amide bonds. The third kappa shape index (κ3) is 6.85. The van der Waals surface area contributed by atoms with Crippen molar-refractivity contribution in [2.45, 2.75) is 57.3 Å². The fraction of sp³-hybridized carbons (Fsp3) is 0.562. The minimum atomic E-state index is 0.387. The minimum absolute atomic E-state index is 0.387. The molecule has 0 atom stereocenters. The summed E-state index contributed by atoms with van der Waals surface area (Å²) in [6.45, 7) is 4.29. The van der Waals surface area contributed by atoms with E-state index in [9.17, 15) is 4.79 Å². The van der Waals surface area contributed by atoms with Crippen molar-refractivity contribution in [2.24, 2.45) is 0 Å². The molecular weight excluding hydrogens is 240 g/mol. The van der Waals surface area contributed by atoms with Crippen molar-refractivity contribution in [2.75, 3.05) is 5.75 Å². The van der Waals surface area contributed by atoms with E-state index in [0.29, 0.717) is 11.5 Å². The van der Waals surface area contributed by atoms with Gasteiger partial charge in [0.05, 0.1) is 5.75 Å². The number of thioether (sulfide) groups is 1. The van der Waals surface area contributed by atoms with Gasteiger partial charge in [-0.25, -0.2) is 0 Å². The van der Waals surface area contributed by atoms with E-state index >= 15 is 0 Å². The number of carbonyl (C=O) groups is 1. The highest BCUT2D eigenvalue weighted by Gasteiger charge is 2.03. The third-order valence-electron chi connectivity index (χ3n) is 2.95. The number of unbranched alkanes of at least 4 members (excludes halogenated alkanes) is 4. The van der Waals surface area contributed by atoms with E-state index in [0.717, 1.165) is 12.8 Å². The number of hydrogen-bond donors (Lipinski definition) is 0. The van der Waals surface area contributed by atoms with Gasteiger partial charge in [0, 0.05) is 11.3 Å². The van der Waals surface area contributed by atoms with Gasteiger partial charge in [0.15, 0.2) is 0 Å². The summed E-state index contributed by atoms with van der Waals surface area (Å²) in [5.74, 6) is 1.01. The molecule has 0 N–H and O–H groups in total. The Hall–Kier alpha value is -0.760. The smallest absolute Gasteiger partial charge is 0.143 e. The predicted octanol–water partition coefficient (Wildman–Crippen LogP) is 5.02. The van der Waals surface area contributed by atoms with Crippen molar-refractivity contribution in [1.29, 1.82) is 0 Å². The predicted molar refractivity (Wildman–Crippen MR) is 80.3 cm³/mol. The lowest BCUT2D eigenvalue weighted by Crippen LogP contribution is -2.00. The molecule has 2 heteroatoms. The number of aryl methyl sites for hydroxylation is 1. The molecule has 0 radical (unpaired) electrons. The first kappa shape index (κ1) is 15.3. The zero-order valence-corrected chi connectivity index (χ0v) is 12.4. The molecule has 0 aromatic heterocycles. The minimum Gasteiger partial charge on any atom is -0.299 e. The molecule has 0 spiro atoms. The van der Waals surface area contributed by atoms with Crippen molar-refractivity contribution >= 4 is 17.5 Å². The highest BCUT2D eigenvalue weighted by molar-refractivity contribution is 8.00. The average Bonchev–Trinajstić information content (AvgIpc) is 2.36. The van der Waals surface area contributed by atoms with E-state index in [2.05, 4.69) is 32.0 Å². The quantitative estimate of drug-likeness (QED) is 0.460. The molecule has 0 unspecified atom stereocenters. The summed E-state index contributed by atoms with van der Waals surface area (Å²) in [6.07, 6.45) is 6.85. The van der Waals surface area contributed by atoms with Crippen LogP contribution in [0.2, 0.25) is 0 Å². The first-order chi connectivity index (χ1) is 8.72. The van der Waals surface area contributed by atoms with E-state index in [1.807, 2.05) is 6.07 Å². The lowest BCUT2D eigenvalue weighted by Gasteiger charge is -2.03. The van der Waals surface area contributed by atoms with Crippen LogP contribution in [0.1, 0.15) is 51.0 Å². The highest BCUT2D eigenvalue weighted by atomic mass is 32.2. The Morgan fingerprint density at radius 1 is 1.17 bits per heavy atom. The Balaban J connectivity index is 2.13. The van der Waals surface area contributed by atoms with Gasteiger partial charge < -0.3 is 0 Å². The molecule has 0 bridgehead atoms. The molecule has 1 nitrogen and oxygen atoms in total. The highest BCUT2D eigenvalue weighted by Crippen LogP contribution is 2.19. The van der Waals surface area contributed by atoms with Crippen LogP contribution in [0.25, 0.3) is 0 Å². The van der Waals surface area contributed by atoms with Crippen LogP contribution < -0.4 is 0 Å². The Morgan fingerprint density at radius 2 is 1.94 bits per heavy atom. The maximum Gasteiger partial charge on any atom is 0.143 e. The van der Waals surface area contributed by atoms with Gasteiger partial charge in [-0.2, -0.15) is 0 Å². The molecule has 1 rings (SSSR count). The number of ketones is 1. The first-order valence-electron chi connectivity index (χ1n) is 6.93. The molecule has 0 aliphatic rings. The lowest BCUT2D eigenvalue weighted by atomic mass is 10.1. The summed E-state index contributed by atoms with van der Waals surface area (Å²) in [5.41, 5.74) is 1.26. The number of hydrogen-bond acceptors (Lipinski definition) is 2. The van der Waals surface area contributed by atoms with Crippen LogP contribution in [0.3, 0.4) is 0 Å². The van der Waals surface area contributed by atoms with Gasteiger partial charge in [0.1, 0.15) is 5.78 Å². The van der Waals surface area contributed by atoms with Crippen molar-refractivity contribution in [1.82, 2.24) is 0 Å². The fourth-order valence-corrected chi connectivity index (χ4v) is 2.78. The molecule has 0 aliphatic heterocycles. The van der Waals surface area contributed by atoms with E-state index in [1.54, 1.807) is 11.8 Å². The molecule has 18 heavy (non-hydrogen) atoms. The van der Waals surface area contributed by atoms with Crippen LogP contribution in [-0.2, 0) is 4.79 Å². The maximum atomic E-state index is 11.7. The summed E-state index contributed by atoms with van der Waals surface area (Å²) in [4.78, 5) is 12.9. The molecule has 0 fully saturated rings. The van der Waals surface area contributed by atoms with Gasteiger partial charge in [0.25, 0.3) is 0 Å². The van der Waals surface area contributed by atoms with E-state index in [-0.39, 0.29) is 0 Å². The summed E-state index contributed by atoms with van der Waals surface area (Å²) in [7, 11) is 0. The molecule has 1 aromatic rings. The average molecular weight is 264 g/mol. The van der Waals surface area contributed by atoms with Gasteiger partial charge in [-0.3, -0.25) is 4.79 Å². The zero-order chi connectivity index (χ0) is 13.2. The first-order valence-corrected chi connectivity index (χ1v) is 7.92. The van der Waals surface area contributed by atoms with Gasteiger partial charge in [-0.05, 0) is 25.5 Å². The molecule has 0 saturated carbocycles. The summed E-state index contributed by atoms with van der Waals surface area (Å²) in [5, 5.41) is 0. The van der Waals surface area contributed by atoms with Crippen molar-refractivity contribution in [3.8, 4) is 0 Å². The molecule has 1 aromatic carbocycles. The van der Waals surface area contributed by atoms with Crippen molar-refractivity contribution in [3.63, 3.8) is 0 Å². The van der Waals surface area contributed by atoms with Crippen LogP contribution in [0.15, 0.2) is 29.2 Å². The zero-order valence-electron chi connectivity index (χ0n) is 11.6. The van der Waals surface area contributed by atoms with Crippen LogP contribution in [0.5, 0.6) is 0 Å². The second-order valence-corrected chi connectivity index (χ2v) is 5.86. The SMILES string of the molecule is CCCCCCCC(=O)CSc1cccc(C)c1. The molecule has 100 valence electrons. The number of Topliss-reactive ketones (excluding diaryl/α,β-unsaturated/α-hetero) is 1. The second kappa shape index (κ2) is 9.21. The van der Waals surface area contributed by atoms with Crippen LogP contribution >= 0.6 is 11.8 Å². The molecule has 0 aliphatic carbocycles. The van der Waals surface area contributed by atoms with Crippen molar-refractivity contribution in [3.05, 3.63) is 29.8 Å². The Morgan fingerprint density at radius 3 is 2.67 bits per heavy atom. The topological polar surface area (TPSA) is 17.1 Å². The van der Waals surface area contributed by atoms with Gasteiger partial charge in [-0.15, -0.1) is 11.8 Å². The Kier molecular flexibility index (Phi) is 7.83. The monoisotopic (exact) mass is 264 g/mol. The number of rotatable bonds is 9. The summed E-state index contributed by atoms with van der Waals surface area (Å²) >= 11 is 1.66. The van der Waals surface area contributed by atoms with Crippen LogP contribution in [0.4, 0.5) is 0 Å². The maximum absolute atomic E-state index is 11.7. The summed E-state index contributed by atoms with van der Waals surface area (Å²) in [6, 6.07) is 8.35. The second-order valence-electron chi connectivity index (χ2n) is 4.81. The fourth-order valence-electron chi connectivity index (χ4n) is 1.87. The summed E-state index contributed by atoms with van der Waals surface area (Å²) < 4.78 is 0. The van der Waals surface area contributed by atoms with Gasteiger partial charge in [0.2, 0.25) is 0 Å². The number of carbonyl (C=O) groups excluding carboxylic acids is 1. The van der Waals surface area contributed by atoms with Gasteiger partial charge >= 0.3 is 0 Å². The molecule has 0 saturated heterocycles. The number of benzene rings is 1. The lowest BCUT2D eigenvalue weighted by molar-refractivity contribution is -0.116. The van der Waals surface area contributed by atoms with E-state index in [1.165, 1.54) is 36.1 Å². The van der Waals surface area contributed by atoms with E-state index in [4.69, 9.17) is 0 Å². The Labute approximate surface area is 115 Å². The largest absolute Gasteiger partial charge is 0.299 e. The van der Waals surface area contributed by atoms with Crippen molar-refractivity contribution < 1.29 is 4.79 Å². The molecular formula is C16H24OS.